The Hall–Kier alpha value is -2.52. The van der Waals surface area contributed by atoms with Crippen LogP contribution in [0.25, 0.3) is 16.8 Å². The quantitative estimate of drug-likeness (QED) is 0.519. The molecule has 0 aliphatic carbocycles. The minimum absolute atomic E-state index is 0.308. The molecule has 3 aromatic rings. The van der Waals surface area contributed by atoms with E-state index in [0.717, 1.165) is 21.2 Å². The monoisotopic (exact) mass is 320 g/mol. The Morgan fingerprint density at radius 2 is 1.65 bits per heavy atom. The lowest BCUT2D eigenvalue weighted by Crippen LogP contribution is -1.96. The third kappa shape index (κ3) is 3.82. The van der Waals surface area contributed by atoms with E-state index >= 15 is 0 Å². The van der Waals surface area contributed by atoms with Gasteiger partial charge >= 0.3 is 5.97 Å². The molecule has 0 heterocycles. The molecule has 3 heteroatoms. The molecule has 3 aromatic carbocycles. The molecule has 3 rings (SSSR count). The second kappa shape index (κ2) is 6.71. The van der Waals surface area contributed by atoms with Crippen LogP contribution in [0.5, 0.6) is 0 Å². The minimum atomic E-state index is -0.914. The molecular weight excluding hydrogens is 304 g/mol. The number of rotatable bonds is 4. The van der Waals surface area contributed by atoms with Gasteiger partial charge in [0.2, 0.25) is 0 Å². The highest BCUT2D eigenvalue weighted by molar-refractivity contribution is 8.04. The molecule has 0 amide bonds. The Labute approximate surface area is 139 Å². The van der Waals surface area contributed by atoms with Gasteiger partial charge in [0.15, 0.2) is 0 Å². The topological polar surface area (TPSA) is 37.3 Å². The van der Waals surface area contributed by atoms with Crippen LogP contribution in [0.2, 0.25) is 0 Å². The third-order valence-electron chi connectivity index (χ3n) is 3.50. The molecule has 0 aliphatic heterocycles. The van der Waals surface area contributed by atoms with Gasteiger partial charge in [-0.2, -0.15) is 0 Å². The number of hydrogen-bond acceptors (Lipinski definition) is 2. The predicted octanol–water partition coefficient (Wildman–Crippen LogP) is 5.37. The van der Waals surface area contributed by atoms with Crippen molar-refractivity contribution >= 4 is 34.6 Å². The van der Waals surface area contributed by atoms with Gasteiger partial charge in [-0.1, -0.05) is 65.9 Å². The van der Waals surface area contributed by atoms with E-state index in [4.69, 9.17) is 0 Å². The summed E-state index contributed by atoms with van der Waals surface area (Å²) in [7, 11) is 0. The van der Waals surface area contributed by atoms with Crippen molar-refractivity contribution in [2.45, 2.75) is 11.8 Å². The van der Waals surface area contributed by atoms with Crippen LogP contribution in [-0.2, 0) is 4.79 Å². The highest BCUT2D eigenvalue weighted by Gasteiger charge is 2.09. The maximum absolute atomic E-state index is 11.5. The van der Waals surface area contributed by atoms with Crippen molar-refractivity contribution in [3.63, 3.8) is 0 Å². The van der Waals surface area contributed by atoms with Gasteiger partial charge in [-0.15, -0.1) is 0 Å². The number of aliphatic carboxylic acids is 1. The number of hydrogen-bond donors (Lipinski definition) is 1. The second-order valence-electron chi connectivity index (χ2n) is 5.34. The molecule has 0 aromatic heterocycles. The first-order chi connectivity index (χ1) is 11.1. The van der Waals surface area contributed by atoms with Gasteiger partial charge < -0.3 is 5.11 Å². The average Bonchev–Trinajstić information content (AvgIpc) is 2.55. The molecule has 0 saturated heterocycles. The summed E-state index contributed by atoms with van der Waals surface area (Å²) in [4.78, 5) is 12.7. The van der Waals surface area contributed by atoms with Crippen LogP contribution in [0, 0.1) is 6.92 Å². The van der Waals surface area contributed by atoms with E-state index in [0.29, 0.717) is 4.91 Å². The Morgan fingerprint density at radius 1 is 0.957 bits per heavy atom. The lowest BCUT2D eigenvalue weighted by Gasteiger charge is -2.05. The van der Waals surface area contributed by atoms with Crippen LogP contribution >= 0.6 is 11.8 Å². The van der Waals surface area contributed by atoms with Gasteiger partial charge in [-0.3, -0.25) is 0 Å². The molecule has 0 atom stereocenters. The zero-order valence-electron chi connectivity index (χ0n) is 12.7. The maximum atomic E-state index is 11.5. The zero-order chi connectivity index (χ0) is 16.2. The van der Waals surface area contributed by atoms with E-state index in [2.05, 4.69) is 25.1 Å². The Bertz CT molecular complexity index is 883. The molecule has 0 fully saturated rings. The van der Waals surface area contributed by atoms with Gasteiger partial charge in [0.05, 0.1) is 4.91 Å². The molecule has 114 valence electrons. The highest BCUT2D eigenvalue weighted by Crippen LogP contribution is 2.29. The van der Waals surface area contributed by atoms with Crippen LogP contribution in [0.1, 0.15) is 11.1 Å². The van der Waals surface area contributed by atoms with Crippen molar-refractivity contribution in [2.75, 3.05) is 0 Å². The predicted molar refractivity (Wildman–Crippen MR) is 96.6 cm³/mol. The molecule has 0 aliphatic rings. The Kier molecular flexibility index (Phi) is 4.49. The fraction of sp³-hybridized carbons (Fsp3) is 0.0500. The first-order valence-electron chi connectivity index (χ1n) is 7.30. The summed E-state index contributed by atoms with van der Waals surface area (Å²) < 4.78 is 0. The summed E-state index contributed by atoms with van der Waals surface area (Å²) in [6.07, 6.45) is 1.72. The Morgan fingerprint density at radius 3 is 2.39 bits per heavy atom. The van der Waals surface area contributed by atoms with Gasteiger partial charge in [0.25, 0.3) is 0 Å². The number of carboxylic acids is 1. The number of carboxylic acid groups (broad SMARTS) is 1. The van der Waals surface area contributed by atoms with Crippen LogP contribution in [0.4, 0.5) is 0 Å². The lowest BCUT2D eigenvalue weighted by molar-refractivity contribution is -0.131. The van der Waals surface area contributed by atoms with Crippen molar-refractivity contribution in [2.24, 2.45) is 0 Å². The number of benzene rings is 3. The van der Waals surface area contributed by atoms with Crippen LogP contribution in [0.3, 0.4) is 0 Å². The zero-order valence-corrected chi connectivity index (χ0v) is 13.5. The van der Waals surface area contributed by atoms with E-state index in [9.17, 15) is 9.90 Å². The normalized spacial score (nSPS) is 11.6. The summed E-state index contributed by atoms with van der Waals surface area (Å²) in [6, 6.07) is 21.8. The molecule has 0 spiro atoms. The van der Waals surface area contributed by atoms with Gasteiger partial charge in [-0.05, 0) is 47.5 Å². The summed E-state index contributed by atoms with van der Waals surface area (Å²) >= 11 is 1.26. The van der Waals surface area contributed by atoms with Gasteiger partial charge in [0.1, 0.15) is 0 Å². The molecule has 0 bridgehead atoms. The molecule has 0 unspecified atom stereocenters. The van der Waals surface area contributed by atoms with E-state index in [1.54, 1.807) is 6.08 Å². The van der Waals surface area contributed by atoms with Gasteiger partial charge in [-0.25, -0.2) is 4.79 Å². The summed E-state index contributed by atoms with van der Waals surface area (Å²) in [6.45, 7) is 2.06. The summed E-state index contributed by atoms with van der Waals surface area (Å²) in [5.74, 6) is -0.914. The van der Waals surface area contributed by atoms with Crippen LogP contribution in [-0.4, -0.2) is 11.1 Å². The molecular formula is C20H16O2S. The SMILES string of the molecule is Cc1ccc2cc(/C=C(\Sc3ccccc3)C(=O)O)ccc2c1. The van der Waals surface area contributed by atoms with E-state index in [-0.39, 0.29) is 0 Å². The standard InChI is InChI=1S/C20H16O2S/c1-14-7-9-17-12-15(8-10-16(17)11-14)13-19(20(21)22)23-18-5-3-2-4-6-18/h2-13H,1H3,(H,21,22)/b19-13-. The van der Waals surface area contributed by atoms with Crippen molar-refractivity contribution in [3.05, 3.63) is 82.8 Å². The minimum Gasteiger partial charge on any atom is -0.477 e. The number of carbonyl (C=O) groups is 1. The smallest absolute Gasteiger partial charge is 0.342 e. The van der Waals surface area contributed by atoms with Crippen molar-refractivity contribution in [1.29, 1.82) is 0 Å². The second-order valence-corrected chi connectivity index (χ2v) is 6.45. The average molecular weight is 320 g/mol. The van der Waals surface area contributed by atoms with E-state index < -0.39 is 5.97 Å². The number of fused-ring (bicyclic) bond motifs is 1. The maximum Gasteiger partial charge on any atom is 0.342 e. The molecule has 23 heavy (non-hydrogen) atoms. The first-order valence-corrected chi connectivity index (χ1v) is 8.12. The van der Waals surface area contributed by atoms with E-state index in [1.807, 2.05) is 48.5 Å². The molecule has 1 N–H and O–H groups in total. The fourth-order valence-electron chi connectivity index (χ4n) is 2.38. The number of thioether (sulfide) groups is 1. The lowest BCUT2D eigenvalue weighted by atomic mass is 10.0. The van der Waals surface area contributed by atoms with Crippen LogP contribution in [0.15, 0.2) is 76.5 Å². The van der Waals surface area contributed by atoms with Crippen LogP contribution < -0.4 is 0 Å². The first kappa shape index (κ1) is 15.4. The highest BCUT2D eigenvalue weighted by atomic mass is 32.2. The van der Waals surface area contributed by atoms with Crippen molar-refractivity contribution < 1.29 is 9.90 Å². The number of aryl methyl sites for hydroxylation is 1. The Balaban J connectivity index is 1.96. The van der Waals surface area contributed by atoms with Gasteiger partial charge in [0, 0.05) is 4.90 Å². The molecule has 0 radical (unpaired) electrons. The van der Waals surface area contributed by atoms with E-state index in [1.165, 1.54) is 17.3 Å². The van der Waals surface area contributed by atoms with Crippen molar-refractivity contribution in [3.8, 4) is 0 Å². The fourth-order valence-corrected chi connectivity index (χ4v) is 3.20. The summed E-state index contributed by atoms with van der Waals surface area (Å²) in [5, 5.41) is 11.7. The van der Waals surface area contributed by atoms with Crippen molar-refractivity contribution in [1.82, 2.24) is 0 Å². The third-order valence-corrected chi connectivity index (χ3v) is 4.52. The largest absolute Gasteiger partial charge is 0.477 e. The molecule has 2 nitrogen and oxygen atoms in total. The molecule has 0 saturated carbocycles. The summed E-state index contributed by atoms with van der Waals surface area (Å²) in [5.41, 5.74) is 2.11.